The van der Waals surface area contributed by atoms with Gasteiger partial charge in [-0.3, -0.25) is 4.98 Å². The van der Waals surface area contributed by atoms with Crippen LogP contribution in [0.2, 0.25) is 0 Å². The van der Waals surface area contributed by atoms with Crippen LogP contribution < -0.4 is 10.6 Å². The van der Waals surface area contributed by atoms with Gasteiger partial charge in [-0.05, 0) is 43.3 Å². The van der Waals surface area contributed by atoms with Crippen molar-refractivity contribution in [3.8, 4) is 0 Å². The van der Waals surface area contributed by atoms with Crippen LogP contribution in [0.4, 0.5) is 23.1 Å². The summed E-state index contributed by atoms with van der Waals surface area (Å²) >= 11 is 0. The molecule has 0 spiro atoms. The van der Waals surface area contributed by atoms with Crippen molar-refractivity contribution in [2.24, 2.45) is 0 Å². The lowest BCUT2D eigenvalue weighted by molar-refractivity contribution is 0.0526. The molecule has 0 saturated carbocycles. The Labute approximate surface area is 167 Å². The molecule has 4 rings (SSSR count). The van der Waals surface area contributed by atoms with Crippen molar-refractivity contribution in [2.45, 2.75) is 6.92 Å². The van der Waals surface area contributed by atoms with Crippen LogP contribution in [0.15, 0.2) is 67.0 Å². The lowest BCUT2D eigenvalue weighted by Crippen LogP contribution is -2.05. The zero-order valence-corrected chi connectivity index (χ0v) is 15.7. The van der Waals surface area contributed by atoms with Crippen molar-refractivity contribution in [3.05, 3.63) is 72.6 Å². The number of hydrogen-bond donors (Lipinski definition) is 2. The number of para-hydroxylation sites is 1. The molecule has 0 bridgehead atoms. The molecule has 8 nitrogen and oxygen atoms in total. The zero-order valence-electron chi connectivity index (χ0n) is 15.7. The summed E-state index contributed by atoms with van der Waals surface area (Å²) in [6.45, 7) is 2.11. The van der Waals surface area contributed by atoms with Crippen molar-refractivity contribution in [2.75, 3.05) is 17.2 Å². The Hall–Kier alpha value is -4.07. The minimum Gasteiger partial charge on any atom is -0.462 e. The summed E-state index contributed by atoms with van der Waals surface area (Å²) in [6, 6.07) is 16.6. The van der Waals surface area contributed by atoms with Crippen LogP contribution in [0.5, 0.6) is 0 Å². The van der Waals surface area contributed by atoms with Crippen LogP contribution >= 0.6 is 0 Å². The SMILES string of the molecule is CCOC(=O)c1ccc(Nc2cnnc(Nc3cccc4cccnc34)n2)cc1. The third kappa shape index (κ3) is 4.27. The molecule has 0 fully saturated rings. The highest BCUT2D eigenvalue weighted by atomic mass is 16.5. The van der Waals surface area contributed by atoms with Gasteiger partial charge in [-0.2, -0.15) is 10.1 Å². The summed E-state index contributed by atoms with van der Waals surface area (Å²) in [4.78, 5) is 20.6. The highest BCUT2D eigenvalue weighted by Gasteiger charge is 2.08. The number of aromatic nitrogens is 4. The fourth-order valence-corrected chi connectivity index (χ4v) is 2.79. The second kappa shape index (κ2) is 8.30. The molecule has 4 aromatic rings. The number of carbonyl (C=O) groups excluding carboxylic acids is 1. The van der Waals surface area contributed by atoms with Crippen molar-refractivity contribution in [3.63, 3.8) is 0 Å². The van der Waals surface area contributed by atoms with Crippen LogP contribution in [-0.4, -0.2) is 32.7 Å². The Bertz CT molecular complexity index is 1140. The predicted octanol–water partition coefficient (Wildman–Crippen LogP) is 4.08. The lowest BCUT2D eigenvalue weighted by Gasteiger charge is -2.09. The third-order valence-electron chi connectivity index (χ3n) is 4.11. The molecule has 0 aliphatic heterocycles. The molecule has 0 aliphatic rings. The second-order valence-electron chi connectivity index (χ2n) is 6.09. The van der Waals surface area contributed by atoms with Gasteiger partial charge in [-0.25, -0.2) is 4.79 Å². The van der Waals surface area contributed by atoms with Gasteiger partial charge in [-0.15, -0.1) is 5.10 Å². The number of esters is 1. The molecular weight excluding hydrogens is 368 g/mol. The Morgan fingerprint density at radius 2 is 1.86 bits per heavy atom. The summed E-state index contributed by atoms with van der Waals surface area (Å²) in [5.74, 6) is 0.508. The van der Waals surface area contributed by atoms with E-state index in [2.05, 4.69) is 30.8 Å². The Balaban J connectivity index is 1.51. The van der Waals surface area contributed by atoms with Gasteiger partial charge >= 0.3 is 5.97 Å². The summed E-state index contributed by atoms with van der Waals surface area (Å²) in [5.41, 5.74) is 2.87. The molecule has 8 heteroatoms. The molecule has 2 aromatic heterocycles. The molecule has 2 aromatic carbocycles. The first-order chi connectivity index (χ1) is 14.2. The first kappa shape index (κ1) is 18.3. The van der Waals surface area contributed by atoms with E-state index in [4.69, 9.17) is 4.74 Å². The number of nitrogens with zero attached hydrogens (tertiary/aromatic N) is 4. The number of ether oxygens (including phenoxy) is 1. The van der Waals surface area contributed by atoms with E-state index in [-0.39, 0.29) is 5.97 Å². The van der Waals surface area contributed by atoms with E-state index in [1.807, 2.05) is 30.3 Å². The standard InChI is InChI=1S/C21H18N6O2/c1-2-29-20(28)15-8-10-16(11-9-15)24-18-13-23-27-21(26-18)25-17-7-3-5-14-6-4-12-22-19(14)17/h3-13H,2H2,1H3,(H2,24,25,26,27). The maximum atomic E-state index is 11.7. The smallest absolute Gasteiger partial charge is 0.338 e. The molecule has 144 valence electrons. The Morgan fingerprint density at radius 3 is 2.69 bits per heavy atom. The number of fused-ring (bicyclic) bond motifs is 1. The van der Waals surface area contributed by atoms with E-state index in [0.717, 1.165) is 22.3 Å². The van der Waals surface area contributed by atoms with Gasteiger partial charge in [0.05, 0.1) is 29.6 Å². The average Bonchev–Trinajstić information content (AvgIpc) is 2.75. The van der Waals surface area contributed by atoms with E-state index in [1.165, 1.54) is 6.20 Å². The van der Waals surface area contributed by atoms with E-state index in [1.54, 1.807) is 37.4 Å². The van der Waals surface area contributed by atoms with Crippen molar-refractivity contribution < 1.29 is 9.53 Å². The predicted molar refractivity (Wildman–Crippen MR) is 111 cm³/mol. The molecule has 0 unspecified atom stereocenters. The van der Waals surface area contributed by atoms with Gasteiger partial charge in [0.1, 0.15) is 0 Å². The van der Waals surface area contributed by atoms with Gasteiger partial charge in [0, 0.05) is 17.3 Å². The van der Waals surface area contributed by atoms with Gasteiger partial charge < -0.3 is 15.4 Å². The number of rotatable bonds is 6. The van der Waals surface area contributed by atoms with E-state index >= 15 is 0 Å². The van der Waals surface area contributed by atoms with Crippen LogP contribution in [0.1, 0.15) is 17.3 Å². The number of anilines is 4. The van der Waals surface area contributed by atoms with Gasteiger partial charge in [0.25, 0.3) is 0 Å². The van der Waals surface area contributed by atoms with Crippen molar-refractivity contribution >= 4 is 40.0 Å². The number of hydrogen-bond acceptors (Lipinski definition) is 8. The quantitative estimate of drug-likeness (QED) is 0.478. The number of pyridine rings is 1. The van der Waals surface area contributed by atoms with Crippen molar-refractivity contribution in [1.29, 1.82) is 0 Å². The van der Waals surface area contributed by atoms with E-state index in [9.17, 15) is 4.79 Å². The summed E-state index contributed by atoms with van der Waals surface area (Å²) < 4.78 is 4.99. The number of benzene rings is 2. The number of nitrogens with one attached hydrogen (secondary N) is 2. The summed E-state index contributed by atoms with van der Waals surface area (Å²) in [5, 5.41) is 15.4. The fourth-order valence-electron chi connectivity index (χ4n) is 2.79. The van der Waals surface area contributed by atoms with Gasteiger partial charge in [-0.1, -0.05) is 18.2 Å². The van der Waals surface area contributed by atoms with Gasteiger partial charge in [0.2, 0.25) is 5.95 Å². The summed E-state index contributed by atoms with van der Waals surface area (Å²) in [6.07, 6.45) is 3.26. The topological polar surface area (TPSA) is 102 Å². The lowest BCUT2D eigenvalue weighted by atomic mass is 10.2. The Morgan fingerprint density at radius 1 is 1.03 bits per heavy atom. The van der Waals surface area contributed by atoms with E-state index < -0.39 is 0 Å². The third-order valence-corrected chi connectivity index (χ3v) is 4.11. The molecule has 2 heterocycles. The molecule has 0 aliphatic carbocycles. The molecule has 0 radical (unpaired) electrons. The average molecular weight is 386 g/mol. The number of carbonyl (C=O) groups is 1. The molecule has 0 amide bonds. The normalized spacial score (nSPS) is 10.5. The maximum absolute atomic E-state index is 11.7. The molecule has 29 heavy (non-hydrogen) atoms. The van der Waals surface area contributed by atoms with E-state index in [0.29, 0.717) is 23.9 Å². The largest absolute Gasteiger partial charge is 0.462 e. The minimum atomic E-state index is -0.349. The van der Waals surface area contributed by atoms with Crippen LogP contribution in [-0.2, 0) is 4.74 Å². The molecule has 0 atom stereocenters. The highest BCUT2D eigenvalue weighted by molar-refractivity contribution is 5.91. The minimum absolute atomic E-state index is 0.341. The summed E-state index contributed by atoms with van der Waals surface area (Å²) in [7, 11) is 0. The van der Waals surface area contributed by atoms with Crippen LogP contribution in [0.3, 0.4) is 0 Å². The molecule has 0 saturated heterocycles. The molecule has 2 N–H and O–H groups in total. The molecular formula is C21H18N6O2. The van der Waals surface area contributed by atoms with Crippen molar-refractivity contribution in [1.82, 2.24) is 20.2 Å². The first-order valence-corrected chi connectivity index (χ1v) is 9.07. The monoisotopic (exact) mass is 386 g/mol. The second-order valence-corrected chi connectivity index (χ2v) is 6.09. The van der Waals surface area contributed by atoms with Crippen LogP contribution in [0, 0.1) is 0 Å². The maximum Gasteiger partial charge on any atom is 0.338 e. The Kier molecular flexibility index (Phi) is 5.24. The van der Waals surface area contributed by atoms with Crippen LogP contribution in [0.25, 0.3) is 10.9 Å². The zero-order chi connectivity index (χ0) is 20.1. The highest BCUT2D eigenvalue weighted by Crippen LogP contribution is 2.23. The first-order valence-electron chi connectivity index (χ1n) is 9.07. The fraction of sp³-hybridized carbons (Fsp3) is 0.0952. The van der Waals surface area contributed by atoms with Gasteiger partial charge in [0.15, 0.2) is 5.82 Å².